The van der Waals surface area contributed by atoms with Gasteiger partial charge in [-0.15, -0.1) is 10.2 Å². The zero-order valence-electron chi connectivity index (χ0n) is 26.7. The summed E-state index contributed by atoms with van der Waals surface area (Å²) in [7, 11) is -21.3. The molecule has 0 fully saturated rings. The van der Waals surface area contributed by atoms with E-state index in [1.165, 1.54) is 0 Å². The molecule has 0 unspecified atom stereocenters. The van der Waals surface area contributed by atoms with E-state index in [2.05, 4.69) is 30.5 Å². The van der Waals surface area contributed by atoms with E-state index in [4.69, 9.17) is 11.6 Å². The summed E-state index contributed by atoms with van der Waals surface area (Å²) in [6, 6.07) is 4.96. The Morgan fingerprint density at radius 3 is 1.88 bits per heavy atom. The molecule has 0 aliphatic rings. The van der Waals surface area contributed by atoms with Gasteiger partial charge in [0.25, 0.3) is 20.2 Å². The number of anilines is 2. The van der Waals surface area contributed by atoms with Crippen molar-refractivity contribution in [1.82, 2.24) is 15.0 Å². The third-order valence-corrected chi connectivity index (χ3v) is 9.93. The van der Waals surface area contributed by atoms with Gasteiger partial charge in [-0.25, -0.2) is 26.8 Å². The Bertz CT molecular complexity index is 2690. The molecule has 5 rings (SSSR count). The van der Waals surface area contributed by atoms with Crippen molar-refractivity contribution in [2.24, 2.45) is 10.2 Å². The van der Waals surface area contributed by atoms with Gasteiger partial charge in [-0.05, 0) is 52.7 Å². The average molecular weight is 851 g/mol. The standard InChI is InChI=1S/C23H15ClN6O14S4.4Na/c24-21-26-22(28-23(32)27-21)25-14-8-10(45(33,34)35)6-9-7-16(47(39,40)41)18(19(31)17(9)14)30-29-13-5-4-11-12(20(13)48(42,43)44)2-1-3-15(11)46(36,37)38;;;;/h1-8,31H,(H,33,34,35)(H,36,37,38)(H,39,40,41)(H,42,43,44)(H2,25,26,27,28,32);;;;/q;4*+1/p-4. The molecule has 0 bridgehead atoms. The summed E-state index contributed by atoms with van der Waals surface area (Å²) in [5.74, 6) is -2.13. The van der Waals surface area contributed by atoms with Crippen LogP contribution in [-0.2, 0) is 40.5 Å². The molecule has 0 amide bonds. The van der Waals surface area contributed by atoms with Gasteiger partial charge >= 0.3 is 118 Å². The van der Waals surface area contributed by atoms with Gasteiger partial charge in [-0.3, -0.25) is 9.11 Å². The van der Waals surface area contributed by atoms with E-state index >= 15 is 0 Å². The Hall–Kier alpha value is -0.660. The van der Waals surface area contributed by atoms with Gasteiger partial charge in [0, 0.05) is 16.5 Å². The van der Waals surface area contributed by atoms with Crippen molar-refractivity contribution in [2.75, 3.05) is 5.32 Å². The summed E-state index contributed by atoms with van der Waals surface area (Å²) in [5.41, 5.74) is -2.69. The molecule has 0 radical (unpaired) electrons. The van der Waals surface area contributed by atoms with Crippen molar-refractivity contribution in [2.45, 2.75) is 19.6 Å². The molecule has 29 heteroatoms. The molecule has 52 heavy (non-hydrogen) atoms. The Morgan fingerprint density at radius 2 is 1.35 bits per heavy atom. The first kappa shape index (κ1) is 49.4. The quantitative estimate of drug-likeness (QED) is 0.0741. The minimum absolute atomic E-state index is 0. The molecule has 4 aromatic carbocycles. The normalized spacial score (nSPS) is 12.0. The first-order chi connectivity index (χ1) is 22.1. The summed E-state index contributed by atoms with van der Waals surface area (Å²) < 4.78 is 140. The fourth-order valence-corrected chi connectivity index (χ4v) is 7.31. The Morgan fingerprint density at radius 1 is 0.712 bits per heavy atom. The van der Waals surface area contributed by atoms with Crippen LogP contribution in [0.1, 0.15) is 0 Å². The number of nitrogens with one attached hydrogen (secondary N) is 1. The van der Waals surface area contributed by atoms with Gasteiger partial charge in [-0.1, -0.05) is 23.9 Å². The minimum Gasteiger partial charge on any atom is -0.870 e. The van der Waals surface area contributed by atoms with E-state index in [-0.39, 0.29) is 118 Å². The van der Waals surface area contributed by atoms with Crippen LogP contribution in [0.25, 0.3) is 21.5 Å². The van der Waals surface area contributed by atoms with Gasteiger partial charge in [0.2, 0.25) is 11.2 Å². The number of azo groups is 1. The number of halogens is 1. The molecule has 252 valence electrons. The SMILES string of the molecule is O=S(=O)([O-])c1cc(Nc2nc([O-])nc(Cl)n2)c2c([O-])c(N=Nc3ccc4c(S(=O)(=O)[O-])cccc4c3S(=O)(=O)O)c(S(=O)(=O)O)cc2c1.[Na+].[Na+].[Na+].[Na+]. The number of hydrogen-bond acceptors (Lipinski definition) is 18. The summed E-state index contributed by atoms with van der Waals surface area (Å²) in [4.78, 5) is 5.78. The third kappa shape index (κ3) is 10.8. The van der Waals surface area contributed by atoms with Crippen LogP contribution in [0.2, 0.25) is 5.28 Å². The van der Waals surface area contributed by atoms with E-state index in [0.717, 1.165) is 30.3 Å². The molecule has 3 N–H and O–H groups in total. The summed E-state index contributed by atoms with van der Waals surface area (Å²) >= 11 is 5.64. The fraction of sp³-hybridized carbons (Fsp3) is 0. The molecule has 20 nitrogen and oxygen atoms in total. The molecular weight excluding hydrogens is 840 g/mol. The number of nitrogens with zero attached hydrogens (tertiary/aromatic N) is 5. The van der Waals surface area contributed by atoms with Crippen molar-refractivity contribution in [1.29, 1.82) is 0 Å². The fourth-order valence-electron chi connectivity index (χ4n) is 4.45. The predicted octanol–water partition coefficient (Wildman–Crippen LogP) is -10.5. The zero-order valence-corrected chi connectivity index (χ0v) is 38.7. The van der Waals surface area contributed by atoms with Crippen molar-refractivity contribution < 1.29 is 180 Å². The molecular formula is C23H11ClN6Na4O14S4. The van der Waals surface area contributed by atoms with Crippen molar-refractivity contribution in [3.63, 3.8) is 0 Å². The largest absolute Gasteiger partial charge is 1.00 e. The maximum Gasteiger partial charge on any atom is 1.00 e. The second-order valence-corrected chi connectivity index (χ2v) is 15.1. The van der Waals surface area contributed by atoms with Crippen LogP contribution in [0.5, 0.6) is 11.8 Å². The molecule has 0 saturated heterocycles. The summed E-state index contributed by atoms with van der Waals surface area (Å²) in [6.07, 6.45) is 0. The van der Waals surface area contributed by atoms with Crippen LogP contribution in [0.15, 0.2) is 78.3 Å². The number of aromatic nitrogens is 3. The van der Waals surface area contributed by atoms with E-state index < -0.39 is 122 Å². The van der Waals surface area contributed by atoms with E-state index in [9.17, 15) is 62.1 Å². The second kappa shape index (κ2) is 18.1. The molecule has 0 aliphatic heterocycles. The van der Waals surface area contributed by atoms with Gasteiger partial charge in [0.15, 0.2) is 0 Å². The monoisotopic (exact) mass is 850 g/mol. The maximum absolute atomic E-state index is 13.8. The number of hydrogen-bond donors (Lipinski definition) is 3. The van der Waals surface area contributed by atoms with Crippen LogP contribution >= 0.6 is 11.6 Å². The van der Waals surface area contributed by atoms with Gasteiger partial charge < -0.3 is 24.6 Å². The molecule has 1 heterocycles. The van der Waals surface area contributed by atoms with Crippen molar-refractivity contribution >= 4 is 96.6 Å². The number of benzene rings is 4. The van der Waals surface area contributed by atoms with Crippen LogP contribution in [-0.4, -0.2) is 66.8 Å². The van der Waals surface area contributed by atoms with Gasteiger partial charge in [0.05, 0.1) is 21.5 Å². The maximum atomic E-state index is 13.8. The minimum atomic E-state index is -5.44. The van der Waals surface area contributed by atoms with Gasteiger partial charge in [0.1, 0.15) is 35.7 Å². The van der Waals surface area contributed by atoms with Crippen molar-refractivity contribution in [3.05, 3.63) is 53.8 Å². The molecule has 0 atom stereocenters. The molecule has 0 spiro atoms. The Balaban J connectivity index is 0.00000338. The smallest absolute Gasteiger partial charge is 0.870 e. The first-order valence-electron chi connectivity index (χ1n) is 12.1. The van der Waals surface area contributed by atoms with Crippen LogP contribution in [0, 0.1) is 0 Å². The van der Waals surface area contributed by atoms with E-state index in [1.807, 2.05) is 0 Å². The zero-order chi connectivity index (χ0) is 35.6. The third-order valence-electron chi connectivity index (χ3n) is 6.24. The van der Waals surface area contributed by atoms with Crippen LogP contribution in [0.4, 0.5) is 23.0 Å². The molecule has 5 aromatic rings. The number of fused-ring (bicyclic) bond motifs is 2. The average Bonchev–Trinajstić information content (AvgIpc) is 2.93. The van der Waals surface area contributed by atoms with E-state index in [0.29, 0.717) is 18.2 Å². The molecule has 1 aromatic heterocycles. The Kier molecular flexibility index (Phi) is 17.2. The van der Waals surface area contributed by atoms with Crippen LogP contribution in [0.3, 0.4) is 0 Å². The van der Waals surface area contributed by atoms with E-state index in [1.54, 1.807) is 0 Å². The first-order valence-corrected chi connectivity index (χ1v) is 18.1. The summed E-state index contributed by atoms with van der Waals surface area (Å²) in [5, 5.41) is 31.9. The molecule has 0 aliphatic carbocycles. The predicted molar refractivity (Wildman–Crippen MR) is 155 cm³/mol. The summed E-state index contributed by atoms with van der Waals surface area (Å²) in [6.45, 7) is 0. The van der Waals surface area contributed by atoms with Gasteiger partial charge in [-0.2, -0.15) is 21.8 Å². The Labute approximate surface area is 387 Å². The van der Waals surface area contributed by atoms with Crippen molar-refractivity contribution in [3.8, 4) is 11.8 Å². The topological polar surface area (TPSA) is 345 Å². The second-order valence-electron chi connectivity index (χ2n) is 9.28. The van der Waals surface area contributed by atoms with Crippen LogP contribution < -0.4 is 134 Å². The number of rotatable bonds is 8. The molecule has 0 saturated carbocycles.